The van der Waals surface area contributed by atoms with Gasteiger partial charge in [0.2, 0.25) is 0 Å². The lowest BCUT2D eigenvalue weighted by atomic mass is 10.1. The maximum atomic E-state index is 12.8. The number of rotatable bonds is 5. The molecule has 6 nitrogen and oxygen atoms in total. The van der Waals surface area contributed by atoms with Crippen LogP contribution in [-0.4, -0.2) is 28.5 Å². The summed E-state index contributed by atoms with van der Waals surface area (Å²) < 4.78 is 17.8. The number of esters is 1. The second kappa shape index (κ2) is 7.39. The first kappa shape index (κ1) is 16.4. The Balaban J connectivity index is 1.53. The number of anilines is 1. The van der Waals surface area contributed by atoms with Crippen molar-refractivity contribution < 1.29 is 18.7 Å². The van der Waals surface area contributed by atoms with E-state index in [2.05, 4.69) is 15.3 Å². The Morgan fingerprint density at radius 2 is 1.80 bits per heavy atom. The molecule has 0 saturated heterocycles. The first-order valence-electron chi connectivity index (χ1n) is 7.44. The minimum atomic E-state index is -0.611. The van der Waals surface area contributed by atoms with Crippen LogP contribution in [0.25, 0.3) is 11.4 Å². The minimum Gasteiger partial charge on any atom is -0.452 e. The molecule has 1 amide bonds. The van der Waals surface area contributed by atoms with Crippen LogP contribution < -0.4 is 5.32 Å². The van der Waals surface area contributed by atoms with Crippen LogP contribution >= 0.6 is 0 Å². The Kier molecular flexibility index (Phi) is 4.84. The predicted octanol–water partition coefficient (Wildman–Crippen LogP) is 3.01. The highest BCUT2D eigenvalue weighted by atomic mass is 19.1. The quantitative estimate of drug-likeness (QED) is 0.700. The fourth-order valence-electron chi connectivity index (χ4n) is 2.13. The highest BCUT2D eigenvalue weighted by Crippen LogP contribution is 2.15. The maximum absolute atomic E-state index is 12.8. The van der Waals surface area contributed by atoms with Gasteiger partial charge in [-0.2, -0.15) is 0 Å². The zero-order valence-electron chi connectivity index (χ0n) is 13.0. The molecule has 0 atom stereocenters. The SMILES string of the molecule is O=C(COC(=O)c1ccc(-c2ncc[nH]2)cc1)Nc1ccc(F)cc1. The molecular formula is C18H14FN3O3. The lowest BCUT2D eigenvalue weighted by molar-refractivity contribution is -0.119. The van der Waals surface area contributed by atoms with Crippen molar-refractivity contribution in [2.75, 3.05) is 11.9 Å². The highest BCUT2D eigenvalue weighted by Gasteiger charge is 2.11. The average molecular weight is 339 g/mol. The molecule has 0 aliphatic carbocycles. The second-order valence-corrected chi connectivity index (χ2v) is 5.15. The summed E-state index contributed by atoms with van der Waals surface area (Å²) in [5.74, 6) is -0.826. The fourth-order valence-corrected chi connectivity index (χ4v) is 2.13. The van der Waals surface area contributed by atoms with Crippen LogP contribution in [0, 0.1) is 5.82 Å². The van der Waals surface area contributed by atoms with Crippen molar-refractivity contribution in [1.82, 2.24) is 9.97 Å². The van der Waals surface area contributed by atoms with Gasteiger partial charge in [-0.05, 0) is 36.4 Å². The summed E-state index contributed by atoms with van der Waals surface area (Å²) in [4.78, 5) is 30.8. The molecular weight excluding hydrogens is 325 g/mol. The zero-order chi connectivity index (χ0) is 17.6. The molecule has 0 spiro atoms. The number of nitrogens with one attached hydrogen (secondary N) is 2. The van der Waals surface area contributed by atoms with Gasteiger partial charge in [-0.1, -0.05) is 12.1 Å². The fraction of sp³-hybridized carbons (Fsp3) is 0.0556. The number of carbonyl (C=O) groups is 2. The van der Waals surface area contributed by atoms with Crippen molar-refractivity contribution in [3.8, 4) is 11.4 Å². The predicted molar refractivity (Wildman–Crippen MR) is 89.3 cm³/mol. The van der Waals surface area contributed by atoms with Gasteiger partial charge in [0.05, 0.1) is 5.56 Å². The molecule has 7 heteroatoms. The number of H-pyrrole nitrogens is 1. The largest absolute Gasteiger partial charge is 0.452 e. The number of hydrogen-bond donors (Lipinski definition) is 2. The van der Waals surface area contributed by atoms with E-state index in [0.717, 1.165) is 5.56 Å². The van der Waals surface area contributed by atoms with E-state index in [4.69, 9.17) is 4.74 Å². The molecule has 1 heterocycles. The average Bonchev–Trinajstić information content (AvgIpc) is 3.16. The first-order chi connectivity index (χ1) is 12.1. The topological polar surface area (TPSA) is 84.1 Å². The van der Waals surface area contributed by atoms with Crippen LogP contribution in [0.4, 0.5) is 10.1 Å². The number of imidazole rings is 1. The molecule has 0 bridgehead atoms. The number of benzene rings is 2. The lowest BCUT2D eigenvalue weighted by Gasteiger charge is -2.07. The van der Waals surface area contributed by atoms with Gasteiger partial charge in [0, 0.05) is 23.6 Å². The summed E-state index contributed by atoms with van der Waals surface area (Å²) in [6, 6.07) is 11.9. The third-order valence-electron chi connectivity index (χ3n) is 3.35. The van der Waals surface area contributed by atoms with Gasteiger partial charge in [0.15, 0.2) is 6.61 Å². The number of amides is 1. The third-order valence-corrected chi connectivity index (χ3v) is 3.35. The van der Waals surface area contributed by atoms with E-state index >= 15 is 0 Å². The number of carbonyl (C=O) groups excluding carboxylic acids is 2. The number of hydrogen-bond acceptors (Lipinski definition) is 4. The van der Waals surface area contributed by atoms with Gasteiger partial charge in [-0.3, -0.25) is 4.79 Å². The van der Waals surface area contributed by atoms with Crippen molar-refractivity contribution in [3.05, 3.63) is 72.3 Å². The van der Waals surface area contributed by atoms with Gasteiger partial charge in [-0.25, -0.2) is 14.2 Å². The molecule has 2 N–H and O–H groups in total. The van der Waals surface area contributed by atoms with Gasteiger partial charge in [0.25, 0.3) is 5.91 Å². The lowest BCUT2D eigenvalue weighted by Crippen LogP contribution is -2.20. The molecule has 1 aromatic heterocycles. The van der Waals surface area contributed by atoms with E-state index < -0.39 is 24.3 Å². The van der Waals surface area contributed by atoms with E-state index in [1.807, 2.05) is 0 Å². The highest BCUT2D eigenvalue weighted by molar-refractivity contribution is 5.95. The Labute approximate surface area is 142 Å². The molecule has 0 fully saturated rings. The normalized spacial score (nSPS) is 10.3. The van der Waals surface area contributed by atoms with Crippen molar-refractivity contribution in [2.24, 2.45) is 0 Å². The van der Waals surface area contributed by atoms with Crippen molar-refractivity contribution in [3.63, 3.8) is 0 Å². The number of nitrogens with zero attached hydrogens (tertiary/aromatic N) is 1. The second-order valence-electron chi connectivity index (χ2n) is 5.15. The van der Waals surface area contributed by atoms with Crippen LogP contribution in [0.1, 0.15) is 10.4 Å². The van der Waals surface area contributed by atoms with E-state index in [9.17, 15) is 14.0 Å². The summed E-state index contributed by atoms with van der Waals surface area (Å²) in [5, 5.41) is 2.51. The third kappa shape index (κ3) is 4.29. The Hall–Kier alpha value is -3.48. The van der Waals surface area contributed by atoms with E-state index in [1.54, 1.807) is 36.7 Å². The Morgan fingerprint density at radius 1 is 1.08 bits per heavy atom. The number of aromatic amines is 1. The van der Waals surface area contributed by atoms with Gasteiger partial charge in [0.1, 0.15) is 11.6 Å². The van der Waals surface area contributed by atoms with E-state index in [0.29, 0.717) is 17.1 Å². The molecule has 126 valence electrons. The molecule has 3 aromatic rings. The van der Waals surface area contributed by atoms with Crippen LogP contribution in [-0.2, 0) is 9.53 Å². The Morgan fingerprint density at radius 3 is 2.44 bits per heavy atom. The van der Waals surface area contributed by atoms with Gasteiger partial charge >= 0.3 is 5.97 Å². The van der Waals surface area contributed by atoms with Crippen LogP contribution in [0.3, 0.4) is 0 Å². The van der Waals surface area contributed by atoms with E-state index in [1.165, 1.54) is 24.3 Å². The number of ether oxygens (including phenoxy) is 1. The summed E-state index contributed by atoms with van der Waals surface area (Å²) in [5.41, 5.74) is 1.57. The summed E-state index contributed by atoms with van der Waals surface area (Å²) in [7, 11) is 0. The molecule has 3 rings (SSSR count). The molecule has 0 unspecified atom stereocenters. The number of aromatic nitrogens is 2. The van der Waals surface area contributed by atoms with Crippen LogP contribution in [0.2, 0.25) is 0 Å². The molecule has 0 aliphatic rings. The minimum absolute atomic E-state index is 0.324. The maximum Gasteiger partial charge on any atom is 0.338 e. The molecule has 0 aliphatic heterocycles. The van der Waals surface area contributed by atoms with Crippen molar-refractivity contribution >= 4 is 17.6 Å². The number of halogens is 1. The Bertz CT molecular complexity index is 860. The molecule has 0 saturated carbocycles. The molecule has 2 aromatic carbocycles. The van der Waals surface area contributed by atoms with Crippen LogP contribution in [0.5, 0.6) is 0 Å². The van der Waals surface area contributed by atoms with Crippen molar-refractivity contribution in [2.45, 2.75) is 0 Å². The summed E-state index contributed by atoms with van der Waals surface area (Å²) in [6.45, 7) is -0.434. The van der Waals surface area contributed by atoms with Crippen LogP contribution in [0.15, 0.2) is 60.9 Å². The molecule has 25 heavy (non-hydrogen) atoms. The zero-order valence-corrected chi connectivity index (χ0v) is 13.0. The van der Waals surface area contributed by atoms with E-state index in [-0.39, 0.29) is 0 Å². The summed E-state index contributed by atoms with van der Waals surface area (Å²) in [6.07, 6.45) is 3.34. The molecule has 0 radical (unpaired) electrons. The van der Waals surface area contributed by atoms with Gasteiger partial charge in [-0.15, -0.1) is 0 Å². The summed E-state index contributed by atoms with van der Waals surface area (Å²) >= 11 is 0. The smallest absolute Gasteiger partial charge is 0.338 e. The first-order valence-corrected chi connectivity index (χ1v) is 7.44. The van der Waals surface area contributed by atoms with Crippen molar-refractivity contribution in [1.29, 1.82) is 0 Å². The standard InChI is InChI=1S/C18H14FN3O3/c19-14-5-7-15(8-6-14)22-16(23)11-25-18(24)13-3-1-12(2-4-13)17-20-9-10-21-17/h1-10H,11H2,(H,20,21)(H,22,23). The van der Waals surface area contributed by atoms with Gasteiger partial charge < -0.3 is 15.0 Å². The monoisotopic (exact) mass is 339 g/mol.